The molecule has 2 aromatic carbocycles. The number of nitrogens with one attached hydrogen (secondary N) is 1. The van der Waals surface area contributed by atoms with Crippen LogP contribution < -0.4 is 10.1 Å². The summed E-state index contributed by atoms with van der Waals surface area (Å²) in [5, 5.41) is 2.74. The quantitative estimate of drug-likeness (QED) is 0.608. The summed E-state index contributed by atoms with van der Waals surface area (Å²) in [7, 11) is 1.77. The van der Waals surface area contributed by atoms with Crippen LogP contribution in [0.15, 0.2) is 59.3 Å². The van der Waals surface area contributed by atoms with Gasteiger partial charge in [-0.1, -0.05) is 6.07 Å². The van der Waals surface area contributed by atoms with Crippen LogP contribution >= 0.6 is 15.9 Å². The fourth-order valence-corrected chi connectivity index (χ4v) is 3.09. The highest BCUT2D eigenvalue weighted by atomic mass is 79.9. The van der Waals surface area contributed by atoms with E-state index in [4.69, 9.17) is 4.74 Å². The molecular weight excluding hydrogens is 410 g/mol. The van der Waals surface area contributed by atoms with Crippen LogP contribution in [0.5, 0.6) is 5.75 Å². The maximum absolute atomic E-state index is 12.4. The molecule has 0 unspecified atom stereocenters. The predicted octanol–water partition coefficient (Wildman–Crippen LogP) is 3.74. The maximum atomic E-state index is 12.4. The van der Waals surface area contributed by atoms with Crippen molar-refractivity contribution < 1.29 is 14.3 Å². The molecule has 1 aromatic heterocycles. The lowest BCUT2D eigenvalue weighted by atomic mass is 10.1. The zero-order valence-corrected chi connectivity index (χ0v) is 16.5. The van der Waals surface area contributed by atoms with Gasteiger partial charge in [0.05, 0.1) is 4.47 Å². The second-order valence-electron chi connectivity index (χ2n) is 6.04. The van der Waals surface area contributed by atoms with E-state index in [0.717, 1.165) is 10.0 Å². The number of hydrogen-bond donors (Lipinski definition) is 1. The van der Waals surface area contributed by atoms with Crippen LogP contribution in [0.25, 0.3) is 0 Å². The van der Waals surface area contributed by atoms with Gasteiger partial charge in [0.25, 0.3) is 5.91 Å². The Morgan fingerprint density at radius 3 is 2.56 bits per heavy atom. The van der Waals surface area contributed by atoms with Crippen molar-refractivity contribution in [3.8, 4) is 5.75 Å². The van der Waals surface area contributed by atoms with Crippen molar-refractivity contribution in [2.75, 3.05) is 11.9 Å². The Balaban J connectivity index is 1.58. The van der Waals surface area contributed by atoms with Gasteiger partial charge in [-0.05, 0) is 64.8 Å². The highest BCUT2D eigenvalue weighted by Crippen LogP contribution is 2.25. The average molecular weight is 428 g/mol. The molecule has 1 amide bonds. The molecule has 3 rings (SSSR count). The number of carbonyl (C=O) groups excluding carboxylic acids is 2. The summed E-state index contributed by atoms with van der Waals surface area (Å²) >= 11 is 3.41. The monoisotopic (exact) mass is 427 g/mol. The minimum Gasteiger partial charge on any atom is -0.483 e. The van der Waals surface area contributed by atoms with Gasteiger partial charge < -0.3 is 14.6 Å². The van der Waals surface area contributed by atoms with Gasteiger partial charge >= 0.3 is 0 Å². The molecule has 138 valence electrons. The number of benzene rings is 2. The van der Waals surface area contributed by atoms with Gasteiger partial charge in [0.2, 0.25) is 5.78 Å². The van der Waals surface area contributed by atoms with E-state index in [2.05, 4.69) is 26.2 Å². The second-order valence-corrected chi connectivity index (χ2v) is 6.89. The maximum Gasteiger partial charge on any atom is 0.262 e. The Labute approximate surface area is 165 Å². The summed E-state index contributed by atoms with van der Waals surface area (Å²) in [6.07, 6.45) is 3.29. The molecular formula is C20H18BrN3O3. The minimum atomic E-state index is -0.286. The Morgan fingerprint density at radius 1 is 1.19 bits per heavy atom. The number of amides is 1. The summed E-state index contributed by atoms with van der Waals surface area (Å²) in [4.78, 5) is 28.5. The molecule has 0 radical (unpaired) electrons. The van der Waals surface area contributed by atoms with Crippen molar-refractivity contribution in [3.05, 3.63) is 76.3 Å². The topological polar surface area (TPSA) is 73.2 Å². The molecule has 1 N–H and O–H groups in total. The van der Waals surface area contributed by atoms with E-state index in [1.54, 1.807) is 48.3 Å². The van der Waals surface area contributed by atoms with E-state index in [1.165, 1.54) is 0 Å². The Morgan fingerprint density at radius 2 is 1.93 bits per heavy atom. The van der Waals surface area contributed by atoms with E-state index in [-0.39, 0.29) is 18.3 Å². The molecule has 7 heteroatoms. The predicted molar refractivity (Wildman–Crippen MR) is 106 cm³/mol. The Bertz CT molecular complexity index is 980. The first-order valence-electron chi connectivity index (χ1n) is 8.25. The van der Waals surface area contributed by atoms with Gasteiger partial charge in [-0.15, -0.1) is 0 Å². The molecule has 27 heavy (non-hydrogen) atoms. The first kappa shape index (κ1) is 18.8. The van der Waals surface area contributed by atoms with E-state index in [9.17, 15) is 9.59 Å². The van der Waals surface area contributed by atoms with Gasteiger partial charge in [-0.3, -0.25) is 9.59 Å². The molecule has 0 saturated carbocycles. The summed E-state index contributed by atoms with van der Waals surface area (Å²) in [5.41, 5.74) is 2.18. The summed E-state index contributed by atoms with van der Waals surface area (Å²) < 4.78 is 7.99. The van der Waals surface area contributed by atoms with Crippen molar-refractivity contribution in [3.63, 3.8) is 0 Å². The van der Waals surface area contributed by atoms with Crippen LogP contribution in [-0.2, 0) is 11.8 Å². The highest BCUT2D eigenvalue weighted by Gasteiger charge is 2.14. The SMILES string of the molecule is Cc1ccc(OCC(=O)Nc2ccc(C(=O)c3nccn3C)cc2)c(Br)c1. The van der Waals surface area contributed by atoms with Crippen molar-refractivity contribution >= 4 is 33.3 Å². The number of rotatable bonds is 6. The summed E-state index contributed by atoms with van der Waals surface area (Å²) in [5.74, 6) is 0.509. The number of aromatic nitrogens is 2. The van der Waals surface area contributed by atoms with Crippen LogP contribution in [0.1, 0.15) is 21.7 Å². The minimum absolute atomic E-state index is 0.115. The number of anilines is 1. The largest absolute Gasteiger partial charge is 0.483 e. The number of nitrogens with zero attached hydrogens (tertiary/aromatic N) is 2. The van der Waals surface area contributed by atoms with Crippen LogP contribution in [-0.4, -0.2) is 27.8 Å². The first-order chi connectivity index (χ1) is 12.9. The molecule has 3 aromatic rings. The third kappa shape index (κ3) is 4.62. The van der Waals surface area contributed by atoms with Gasteiger partial charge in [-0.25, -0.2) is 4.98 Å². The Hall–Kier alpha value is -2.93. The molecule has 0 aliphatic rings. The van der Waals surface area contributed by atoms with Gasteiger partial charge in [-0.2, -0.15) is 0 Å². The average Bonchev–Trinajstić information content (AvgIpc) is 3.07. The zero-order valence-electron chi connectivity index (χ0n) is 14.9. The number of carbonyl (C=O) groups is 2. The second kappa shape index (κ2) is 8.18. The summed E-state index contributed by atoms with van der Waals surface area (Å²) in [6.45, 7) is 1.86. The fraction of sp³-hybridized carbons (Fsp3) is 0.150. The first-order valence-corrected chi connectivity index (χ1v) is 9.04. The molecule has 1 heterocycles. The van der Waals surface area contributed by atoms with E-state index in [1.807, 2.05) is 25.1 Å². The molecule has 0 aliphatic heterocycles. The molecule has 6 nitrogen and oxygen atoms in total. The van der Waals surface area contributed by atoms with E-state index in [0.29, 0.717) is 22.8 Å². The number of imidazole rings is 1. The van der Waals surface area contributed by atoms with Crippen LogP contribution in [0, 0.1) is 6.92 Å². The van der Waals surface area contributed by atoms with Crippen molar-refractivity contribution in [2.24, 2.45) is 7.05 Å². The smallest absolute Gasteiger partial charge is 0.262 e. The van der Waals surface area contributed by atoms with Gasteiger partial charge in [0, 0.05) is 30.7 Å². The lowest BCUT2D eigenvalue weighted by molar-refractivity contribution is -0.118. The third-order valence-electron chi connectivity index (χ3n) is 3.90. The lowest BCUT2D eigenvalue weighted by Crippen LogP contribution is -2.20. The fourth-order valence-electron chi connectivity index (χ4n) is 2.48. The number of ketones is 1. The van der Waals surface area contributed by atoms with E-state index < -0.39 is 0 Å². The number of hydrogen-bond acceptors (Lipinski definition) is 4. The van der Waals surface area contributed by atoms with Gasteiger partial charge in [0.15, 0.2) is 12.4 Å². The number of ether oxygens (including phenoxy) is 1. The normalized spacial score (nSPS) is 10.5. The number of halogens is 1. The molecule has 0 aliphatic carbocycles. The van der Waals surface area contributed by atoms with Gasteiger partial charge in [0.1, 0.15) is 5.75 Å². The number of aryl methyl sites for hydroxylation is 2. The molecule has 0 bridgehead atoms. The van der Waals surface area contributed by atoms with Crippen LogP contribution in [0.4, 0.5) is 5.69 Å². The standard InChI is InChI=1S/C20H18BrN3O3/c1-13-3-8-17(16(21)11-13)27-12-18(25)23-15-6-4-14(5-7-15)19(26)20-22-9-10-24(20)2/h3-11H,12H2,1-2H3,(H,23,25). The lowest BCUT2D eigenvalue weighted by Gasteiger charge is -2.10. The van der Waals surface area contributed by atoms with Crippen molar-refractivity contribution in [2.45, 2.75) is 6.92 Å². The zero-order chi connectivity index (χ0) is 19.4. The van der Waals surface area contributed by atoms with Crippen LogP contribution in [0.2, 0.25) is 0 Å². The van der Waals surface area contributed by atoms with E-state index >= 15 is 0 Å². The Kier molecular flexibility index (Phi) is 5.71. The molecule has 0 spiro atoms. The summed E-state index contributed by atoms with van der Waals surface area (Å²) in [6, 6.07) is 12.3. The molecule has 0 fully saturated rings. The van der Waals surface area contributed by atoms with Crippen molar-refractivity contribution in [1.82, 2.24) is 9.55 Å². The third-order valence-corrected chi connectivity index (χ3v) is 4.52. The molecule has 0 saturated heterocycles. The highest BCUT2D eigenvalue weighted by molar-refractivity contribution is 9.10. The van der Waals surface area contributed by atoms with Crippen LogP contribution in [0.3, 0.4) is 0 Å². The van der Waals surface area contributed by atoms with Crippen molar-refractivity contribution in [1.29, 1.82) is 0 Å². The molecule has 0 atom stereocenters.